The smallest absolute Gasteiger partial charge is 0.462 e. The highest BCUT2D eigenvalue weighted by Crippen LogP contribution is 2.45. The second-order valence-electron chi connectivity index (χ2n) is 30.6. The van der Waals surface area contributed by atoms with Gasteiger partial charge in [0.15, 0.2) is 12.2 Å². The topological polar surface area (TPSA) is 237 Å². The Morgan fingerprint density at radius 2 is 0.471 bits per heavy atom. The molecule has 17 nitrogen and oxygen atoms in total. The molecule has 0 rings (SSSR count). The third-order valence-electron chi connectivity index (χ3n) is 20.5. The highest BCUT2D eigenvalue weighted by Gasteiger charge is 2.30. The number of aliphatic hydroxyl groups excluding tert-OH is 1. The van der Waals surface area contributed by atoms with Crippen LogP contribution in [-0.2, 0) is 65.4 Å². The minimum atomic E-state index is -4.96. The van der Waals surface area contributed by atoms with Crippen molar-refractivity contribution < 1.29 is 80.2 Å². The molecule has 102 heavy (non-hydrogen) atoms. The normalized spacial score (nSPS) is 14.7. The number of phosphoric ester groups is 2. The number of phosphoric acid groups is 2. The monoisotopic (exact) mass is 1490 g/mol. The molecule has 0 radical (unpaired) electrons. The first-order valence-corrected chi connectivity index (χ1v) is 46.0. The summed E-state index contributed by atoms with van der Waals surface area (Å²) in [6.45, 7) is 12.0. The molecule has 0 saturated heterocycles. The number of carbonyl (C=O) groups is 4. The lowest BCUT2D eigenvalue weighted by atomic mass is 9.99. The SMILES string of the molecule is CCCCCCCCCCCCCCC(=O)O[C@H](COC(=O)CCCCCCCCC(C)CC)COP(=O)(O)OC[C@H](O)COP(=O)(O)OC[C@@H](COC(=O)CCCCCCCCCCCCCCCCC(C)CC)OC(=O)CCCCCCCCCCCCCCCCCCCCC(C)CC. The van der Waals surface area contributed by atoms with E-state index in [0.29, 0.717) is 25.7 Å². The van der Waals surface area contributed by atoms with Gasteiger partial charge in [0.25, 0.3) is 0 Å². The maximum Gasteiger partial charge on any atom is 0.472 e. The van der Waals surface area contributed by atoms with E-state index in [1.54, 1.807) is 0 Å². The van der Waals surface area contributed by atoms with Crippen molar-refractivity contribution in [2.45, 2.75) is 452 Å². The van der Waals surface area contributed by atoms with Gasteiger partial charge in [-0.25, -0.2) is 9.13 Å². The van der Waals surface area contributed by atoms with Crippen molar-refractivity contribution in [1.29, 1.82) is 0 Å². The van der Waals surface area contributed by atoms with Crippen molar-refractivity contribution >= 4 is 39.5 Å². The number of hydrogen-bond acceptors (Lipinski definition) is 15. The van der Waals surface area contributed by atoms with Crippen molar-refractivity contribution in [3.63, 3.8) is 0 Å². The fraction of sp³-hybridized carbons (Fsp3) is 0.952. The molecule has 0 amide bonds. The average Bonchev–Trinajstić information content (AvgIpc) is 0.909. The number of carbonyl (C=O) groups excluding carboxylic acids is 4. The molecule has 0 aliphatic heterocycles. The molecule has 8 atom stereocenters. The number of rotatable bonds is 81. The lowest BCUT2D eigenvalue weighted by Crippen LogP contribution is -2.30. The van der Waals surface area contributed by atoms with E-state index < -0.39 is 97.5 Å². The fourth-order valence-electron chi connectivity index (χ4n) is 12.7. The van der Waals surface area contributed by atoms with Crippen LogP contribution < -0.4 is 0 Å². The summed E-state index contributed by atoms with van der Waals surface area (Å²) < 4.78 is 68.7. The van der Waals surface area contributed by atoms with Crippen LogP contribution in [0.25, 0.3) is 0 Å². The molecule has 0 saturated carbocycles. The van der Waals surface area contributed by atoms with E-state index in [4.69, 9.17) is 37.0 Å². The van der Waals surface area contributed by atoms with Gasteiger partial charge in [-0.05, 0) is 43.4 Å². The molecule has 0 bridgehead atoms. The molecular formula is C83H162O17P2. The third kappa shape index (κ3) is 72.3. The van der Waals surface area contributed by atoms with E-state index in [9.17, 15) is 43.2 Å². The molecule has 0 fully saturated rings. The van der Waals surface area contributed by atoms with E-state index in [1.807, 2.05) is 0 Å². The van der Waals surface area contributed by atoms with Crippen molar-refractivity contribution in [3.05, 3.63) is 0 Å². The molecule has 19 heteroatoms. The number of aliphatic hydroxyl groups is 1. The Hall–Kier alpha value is -1.94. The summed E-state index contributed by atoms with van der Waals surface area (Å²) in [5, 5.41) is 10.6. The highest BCUT2D eigenvalue weighted by molar-refractivity contribution is 7.47. The van der Waals surface area contributed by atoms with Gasteiger partial charge in [-0.1, -0.05) is 382 Å². The zero-order valence-electron chi connectivity index (χ0n) is 67.1. The molecule has 0 heterocycles. The lowest BCUT2D eigenvalue weighted by molar-refractivity contribution is -0.161. The highest BCUT2D eigenvalue weighted by atomic mass is 31.2. The Balaban J connectivity index is 5.22. The van der Waals surface area contributed by atoms with Crippen molar-refractivity contribution in [2.24, 2.45) is 17.8 Å². The number of unbranched alkanes of at least 4 members (excludes halogenated alkanes) is 46. The first-order chi connectivity index (χ1) is 49.3. The largest absolute Gasteiger partial charge is 0.472 e. The molecule has 0 spiro atoms. The Labute approximate surface area is 626 Å². The number of ether oxygens (including phenoxy) is 4. The van der Waals surface area contributed by atoms with Gasteiger partial charge in [-0.2, -0.15) is 0 Å². The van der Waals surface area contributed by atoms with Crippen LogP contribution in [-0.4, -0.2) is 96.7 Å². The van der Waals surface area contributed by atoms with Gasteiger partial charge >= 0.3 is 39.5 Å². The molecule has 0 aliphatic rings. The molecular weight excluding hydrogens is 1330 g/mol. The summed E-state index contributed by atoms with van der Waals surface area (Å²) in [7, 11) is -9.92. The molecule has 606 valence electrons. The Bertz CT molecular complexity index is 1980. The molecule has 0 aromatic heterocycles. The van der Waals surface area contributed by atoms with Crippen molar-refractivity contribution in [2.75, 3.05) is 39.6 Å². The second kappa shape index (κ2) is 73.2. The van der Waals surface area contributed by atoms with Gasteiger partial charge in [0, 0.05) is 25.7 Å². The third-order valence-corrected chi connectivity index (χ3v) is 22.4. The maximum absolute atomic E-state index is 13.1. The number of hydrogen-bond donors (Lipinski definition) is 3. The van der Waals surface area contributed by atoms with Crippen LogP contribution in [0.1, 0.15) is 434 Å². The zero-order chi connectivity index (χ0) is 75.1. The van der Waals surface area contributed by atoms with Gasteiger partial charge in [0.05, 0.1) is 26.4 Å². The van der Waals surface area contributed by atoms with E-state index in [1.165, 1.54) is 238 Å². The minimum absolute atomic E-state index is 0.106. The van der Waals surface area contributed by atoms with Gasteiger partial charge in [0.2, 0.25) is 0 Å². The summed E-state index contributed by atoms with van der Waals surface area (Å²) in [6.07, 6.45) is 62.4. The Kier molecular flexibility index (Phi) is 71.8. The standard InChI is InChI=1S/C83H162O17P2/c1-8-12-13-14-15-16-17-32-38-43-52-59-66-82(87)100-79(71-94-81(86)65-58-51-46-45-49-56-63-76(7)11-4)73-98-102(91,92)96-69-77(84)68-95-101(89,90)97-72-78(70-93-80(85)64-57-50-42-37-33-28-25-24-27-31-36-41-48-55-62-75(6)10-3)99-83(88)67-60-53-44-39-34-29-23-21-19-18-20-22-26-30-35-40-47-54-61-74(5)9-2/h74-79,84H,8-73H2,1-7H3,(H,89,90)(H,91,92)/t74?,75?,76?,77-,78-,79-/m1/s1. The summed E-state index contributed by atoms with van der Waals surface area (Å²) >= 11 is 0. The summed E-state index contributed by atoms with van der Waals surface area (Å²) in [4.78, 5) is 73.0. The first kappa shape index (κ1) is 100. The minimum Gasteiger partial charge on any atom is -0.462 e. The fourth-order valence-corrected chi connectivity index (χ4v) is 14.3. The van der Waals surface area contributed by atoms with Crippen molar-refractivity contribution in [1.82, 2.24) is 0 Å². The van der Waals surface area contributed by atoms with Gasteiger partial charge < -0.3 is 33.8 Å². The van der Waals surface area contributed by atoms with Gasteiger partial charge in [0.1, 0.15) is 19.3 Å². The Morgan fingerprint density at radius 3 is 0.696 bits per heavy atom. The molecule has 0 aromatic rings. The van der Waals surface area contributed by atoms with Crippen LogP contribution in [0.15, 0.2) is 0 Å². The van der Waals surface area contributed by atoms with Crippen LogP contribution in [0.4, 0.5) is 0 Å². The quantitative estimate of drug-likeness (QED) is 0.0222. The predicted molar refractivity (Wildman–Crippen MR) is 418 cm³/mol. The molecule has 3 N–H and O–H groups in total. The van der Waals surface area contributed by atoms with E-state index in [2.05, 4.69) is 48.5 Å². The Morgan fingerprint density at radius 1 is 0.275 bits per heavy atom. The van der Waals surface area contributed by atoms with E-state index in [-0.39, 0.29) is 25.7 Å². The molecule has 0 aliphatic carbocycles. The summed E-state index contributed by atoms with van der Waals surface area (Å²) in [5.74, 6) is 0.343. The van der Waals surface area contributed by atoms with E-state index in [0.717, 1.165) is 114 Å². The average molecular weight is 1490 g/mol. The molecule has 0 aromatic carbocycles. The molecule has 5 unspecified atom stereocenters. The van der Waals surface area contributed by atoms with Crippen LogP contribution >= 0.6 is 15.6 Å². The van der Waals surface area contributed by atoms with Crippen LogP contribution in [0.5, 0.6) is 0 Å². The maximum atomic E-state index is 13.1. The number of esters is 4. The predicted octanol–water partition coefficient (Wildman–Crippen LogP) is 24.9. The first-order valence-electron chi connectivity index (χ1n) is 43.0. The van der Waals surface area contributed by atoms with E-state index >= 15 is 0 Å². The summed E-state index contributed by atoms with van der Waals surface area (Å²) in [6, 6.07) is 0. The van der Waals surface area contributed by atoms with Crippen LogP contribution in [0, 0.1) is 17.8 Å². The lowest BCUT2D eigenvalue weighted by Gasteiger charge is -2.21. The van der Waals surface area contributed by atoms with Crippen LogP contribution in [0.2, 0.25) is 0 Å². The van der Waals surface area contributed by atoms with Crippen LogP contribution in [0.3, 0.4) is 0 Å². The summed E-state index contributed by atoms with van der Waals surface area (Å²) in [5.41, 5.74) is 0. The van der Waals surface area contributed by atoms with Gasteiger partial charge in [-0.15, -0.1) is 0 Å². The van der Waals surface area contributed by atoms with Crippen molar-refractivity contribution in [3.8, 4) is 0 Å². The van der Waals surface area contributed by atoms with Gasteiger partial charge in [-0.3, -0.25) is 37.3 Å². The second-order valence-corrected chi connectivity index (χ2v) is 33.5. The zero-order valence-corrected chi connectivity index (χ0v) is 68.9.